The van der Waals surface area contributed by atoms with E-state index in [1.807, 2.05) is 41.5 Å². The Morgan fingerprint density at radius 1 is 0.531 bits per heavy atom. The summed E-state index contributed by atoms with van der Waals surface area (Å²) >= 11 is 0. The maximum atomic E-state index is 15.3. The fourth-order valence-electron chi connectivity index (χ4n) is 12.1. The molecule has 0 aliphatic carbocycles. The molecule has 0 aromatic carbocycles. The lowest BCUT2D eigenvalue weighted by Crippen LogP contribution is -2.64. The predicted octanol–water partition coefficient (Wildman–Crippen LogP) is 3.50. The molecule has 0 aromatic rings. The largest absolute Gasteiger partial charge is 0.449 e. The highest BCUT2D eigenvalue weighted by Crippen LogP contribution is 2.26. The molecule has 2 rings (SSSR count). The second-order valence-electron chi connectivity index (χ2n) is 28.6. The number of carbonyl (C=O) groups excluding carboxylic acids is 12. The van der Waals surface area contributed by atoms with E-state index in [1.54, 1.807) is 67.5 Å². The van der Waals surface area contributed by atoms with Crippen molar-refractivity contribution in [1.29, 1.82) is 0 Å². The Labute approximate surface area is 572 Å². The van der Waals surface area contributed by atoms with Gasteiger partial charge in [-0.05, 0) is 108 Å². The molecule has 0 bridgehead atoms. The van der Waals surface area contributed by atoms with E-state index in [0.717, 1.165) is 14.7 Å². The van der Waals surface area contributed by atoms with Crippen molar-refractivity contribution < 1.29 is 72.1 Å². The van der Waals surface area contributed by atoms with Crippen LogP contribution in [0.5, 0.6) is 0 Å². The van der Waals surface area contributed by atoms with Crippen LogP contribution in [-0.4, -0.2) is 270 Å². The van der Waals surface area contributed by atoms with Crippen LogP contribution < -0.4 is 21.3 Å². The Hall–Kier alpha value is -6.90. The Kier molecular flexibility index (Phi) is 35.0. The third kappa shape index (κ3) is 23.4. The van der Waals surface area contributed by atoms with E-state index in [-0.39, 0.29) is 82.8 Å². The second-order valence-corrected chi connectivity index (χ2v) is 28.6. The fraction of sp³-hybridized carbons (Fsp3) is 0.797. The average Bonchev–Trinajstić information content (AvgIpc) is 0.812. The molecule has 0 radical (unpaired) electrons. The number of hydrogen-bond donors (Lipinski definition) is 5. The summed E-state index contributed by atoms with van der Waals surface area (Å²) in [4.78, 5) is 187. The van der Waals surface area contributed by atoms with Crippen LogP contribution in [0.3, 0.4) is 0 Å². The Morgan fingerprint density at radius 2 is 1.02 bits per heavy atom. The molecule has 0 spiro atoms. The molecule has 2 aliphatic rings. The molecule has 0 unspecified atom stereocenters. The minimum atomic E-state index is -1.67. The molecule has 27 heteroatoms. The summed E-state index contributed by atoms with van der Waals surface area (Å²) in [7, 11) is 9.76. The van der Waals surface area contributed by atoms with Crippen molar-refractivity contribution in [3.8, 4) is 0 Å². The van der Waals surface area contributed by atoms with E-state index < -0.39 is 167 Å². The smallest absolute Gasteiger partial charge is 0.409 e. The SMILES string of the molecule is C/C=C/C[C@@H](C)[C@@H](O)[C@H]1C(=O)N[C@@H](CC)C(=O)N(C)[C@H](C)C(=O)N(C)[C@@H]([C@H](C)COC(=O)N2CCOCC2)C(=O)N[C@@H](C(C)C)C(=O)N(C)[C@@H](CCC(C)C)C(=O)N[C@@H](C)C(=O)N[C@H](C)C(=O)N(C)[C@@H](CC(C)C)C(=O)N(C)[C@@H](CCC(C)C)C(=O)N(C)[C@@H](C(C)C)C(=O)N1C. The van der Waals surface area contributed by atoms with E-state index in [4.69, 9.17) is 9.47 Å². The van der Waals surface area contributed by atoms with E-state index in [1.165, 1.54) is 94.6 Å². The molecule has 2 heterocycles. The van der Waals surface area contributed by atoms with Crippen molar-refractivity contribution in [2.75, 3.05) is 82.2 Å². The molecule has 96 heavy (non-hydrogen) atoms. The van der Waals surface area contributed by atoms with Crippen LogP contribution in [0.15, 0.2) is 12.2 Å². The lowest BCUT2D eigenvalue weighted by atomic mass is 9.91. The van der Waals surface area contributed by atoms with Crippen LogP contribution in [0.2, 0.25) is 0 Å². The third-order valence-electron chi connectivity index (χ3n) is 18.7. The molecule has 0 aromatic heterocycles. The van der Waals surface area contributed by atoms with Crippen molar-refractivity contribution in [3.63, 3.8) is 0 Å². The molecule has 5 N–H and O–H groups in total. The number of rotatable bonds is 18. The van der Waals surface area contributed by atoms with Gasteiger partial charge in [-0.1, -0.05) is 102 Å². The number of amides is 12. The Morgan fingerprint density at radius 3 is 1.53 bits per heavy atom. The highest BCUT2D eigenvalue weighted by atomic mass is 16.6. The molecular weight excluding hydrogens is 1240 g/mol. The summed E-state index contributed by atoms with van der Waals surface area (Å²) in [6.07, 6.45) is 2.91. The molecule has 2 fully saturated rings. The van der Waals surface area contributed by atoms with Crippen LogP contribution in [0.25, 0.3) is 0 Å². The van der Waals surface area contributed by atoms with Crippen molar-refractivity contribution in [2.24, 2.45) is 41.4 Å². The van der Waals surface area contributed by atoms with E-state index in [2.05, 4.69) is 21.3 Å². The van der Waals surface area contributed by atoms with Gasteiger partial charge in [-0.25, -0.2) is 4.79 Å². The highest BCUT2D eigenvalue weighted by Gasteiger charge is 2.46. The van der Waals surface area contributed by atoms with E-state index in [0.29, 0.717) is 12.8 Å². The first-order valence-corrected chi connectivity index (χ1v) is 34.5. The summed E-state index contributed by atoms with van der Waals surface area (Å²) in [5.74, 6) is -11.0. The van der Waals surface area contributed by atoms with Gasteiger partial charge >= 0.3 is 6.09 Å². The predicted molar refractivity (Wildman–Crippen MR) is 366 cm³/mol. The standard InChI is InChI=1S/C69H122N12O15/c1-25-27-28-44(13)57(82)56-61(86)72-49(26-2)64(89)74(18)48(17)63(88)79(23)55(45(14)38-96-69(94)81-33-35-95-36-34-81)60(85)73-53(42(9)10)67(92)75(19)50(31-29-39(3)4)59(84)70-46(15)58(83)71-47(16)62(87)77(21)52(37-41(7)8)66(91)76(20)51(32-30-40(5)6)65(90)78(22)54(43(11)12)68(93)80(56)24/h25,27,39-57,82H,26,28-38H2,1-24H3,(H,70,84)(H,71,83)(H,72,86)(H,73,85)/b27-25+/t44-,45-,46+,47-,48-,49+,50+,51+,52+,53+,54+,55+,56+,57-/m1/s1. The van der Waals surface area contributed by atoms with Gasteiger partial charge < -0.3 is 75.0 Å². The monoisotopic (exact) mass is 1360 g/mol. The van der Waals surface area contributed by atoms with Gasteiger partial charge in [-0.3, -0.25) is 52.7 Å². The summed E-state index contributed by atoms with van der Waals surface area (Å²) < 4.78 is 11.1. The molecule has 0 saturated carbocycles. The number of allylic oxidation sites excluding steroid dienone is 2. The number of likely N-dealkylation sites (N-methyl/N-ethyl adjacent to an activating group) is 7. The Balaban J connectivity index is 3.07. The highest BCUT2D eigenvalue weighted by molar-refractivity contribution is 6.00. The van der Waals surface area contributed by atoms with Crippen molar-refractivity contribution in [3.05, 3.63) is 12.2 Å². The summed E-state index contributed by atoms with van der Waals surface area (Å²) in [6.45, 7) is 30.0. The first kappa shape index (κ1) is 85.2. The number of nitrogens with zero attached hydrogens (tertiary/aromatic N) is 8. The minimum absolute atomic E-state index is 0.0409. The number of morpholine rings is 1. The molecule has 14 atom stereocenters. The van der Waals surface area contributed by atoms with Gasteiger partial charge in [0.2, 0.25) is 65.0 Å². The lowest BCUT2D eigenvalue weighted by Gasteiger charge is -2.41. The lowest BCUT2D eigenvalue weighted by molar-refractivity contribution is -0.157. The van der Waals surface area contributed by atoms with Gasteiger partial charge in [0.05, 0.1) is 25.9 Å². The van der Waals surface area contributed by atoms with Gasteiger partial charge in [-0.15, -0.1) is 0 Å². The van der Waals surface area contributed by atoms with Gasteiger partial charge in [0, 0.05) is 68.3 Å². The maximum absolute atomic E-state index is 15.3. The zero-order valence-corrected chi connectivity index (χ0v) is 62.4. The van der Waals surface area contributed by atoms with Gasteiger partial charge in [0.25, 0.3) is 0 Å². The van der Waals surface area contributed by atoms with Crippen LogP contribution in [-0.2, 0) is 62.2 Å². The summed E-state index contributed by atoms with van der Waals surface area (Å²) in [6, 6.07) is -14.5. The number of nitrogens with one attached hydrogen (secondary N) is 4. The van der Waals surface area contributed by atoms with Crippen LogP contribution in [0, 0.1) is 41.4 Å². The van der Waals surface area contributed by atoms with Gasteiger partial charge in [-0.2, -0.15) is 0 Å². The fourth-order valence-corrected chi connectivity index (χ4v) is 12.1. The first-order valence-electron chi connectivity index (χ1n) is 34.5. The maximum Gasteiger partial charge on any atom is 0.409 e. The molecule has 12 amide bonds. The number of aliphatic hydroxyl groups excluding tert-OH is 1. The topological polar surface area (TPSA) is 318 Å². The number of hydrogen-bond acceptors (Lipinski definition) is 15. The van der Waals surface area contributed by atoms with Gasteiger partial charge in [0.1, 0.15) is 66.5 Å². The number of aliphatic hydroxyl groups is 1. The summed E-state index contributed by atoms with van der Waals surface area (Å²) in [5.41, 5.74) is 0. The number of carbonyl (C=O) groups is 12. The molecule has 2 aliphatic heterocycles. The molecule has 2 saturated heterocycles. The van der Waals surface area contributed by atoms with Crippen molar-refractivity contribution in [1.82, 2.24) is 60.5 Å². The minimum Gasteiger partial charge on any atom is -0.449 e. The number of ether oxygens (including phenoxy) is 2. The van der Waals surface area contributed by atoms with Crippen molar-refractivity contribution >= 4 is 71.1 Å². The molecule has 548 valence electrons. The normalized spacial score (nSPS) is 27.1. The second kappa shape index (κ2) is 39.5. The quantitative estimate of drug-likeness (QED) is 0.123. The van der Waals surface area contributed by atoms with E-state index >= 15 is 24.0 Å². The van der Waals surface area contributed by atoms with Gasteiger partial charge in [0.15, 0.2) is 0 Å². The Bertz CT molecular complexity index is 2670. The van der Waals surface area contributed by atoms with E-state index in [9.17, 15) is 38.7 Å². The third-order valence-corrected chi connectivity index (χ3v) is 18.7. The van der Waals surface area contributed by atoms with Crippen LogP contribution >= 0.6 is 0 Å². The molecular formula is C69H122N12O15. The zero-order valence-electron chi connectivity index (χ0n) is 62.4. The average molecular weight is 1360 g/mol. The van der Waals surface area contributed by atoms with Crippen LogP contribution in [0.1, 0.15) is 163 Å². The zero-order chi connectivity index (χ0) is 73.7. The molecule has 27 nitrogen and oxygen atoms in total. The summed E-state index contributed by atoms with van der Waals surface area (Å²) in [5, 5.41) is 23.2. The van der Waals surface area contributed by atoms with Crippen LogP contribution in [0.4, 0.5) is 4.79 Å². The van der Waals surface area contributed by atoms with Crippen molar-refractivity contribution in [2.45, 2.75) is 235 Å². The first-order chi connectivity index (χ1) is 44.6.